The molecule has 1 aromatic carbocycles. The van der Waals surface area contributed by atoms with Gasteiger partial charge in [0.25, 0.3) is 0 Å². The molecule has 0 aromatic heterocycles. The molecule has 0 radical (unpaired) electrons. The van der Waals surface area contributed by atoms with Crippen LogP contribution in [-0.2, 0) is 0 Å². The van der Waals surface area contributed by atoms with Gasteiger partial charge < -0.3 is 0 Å². The Labute approximate surface area is 96.7 Å². The summed E-state index contributed by atoms with van der Waals surface area (Å²) in [5, 5.41) is 18.8. The van der Waals surface area contributed by atoms with Gasteiger partial charge in [-0.25, -0.2) is 0 Å². The first-order valence-electron chi connectivity index (χ1n) is 4.89. The number of hydrogen-bond acceptors (Lipinski definition) is 2. The molecule has 2 nitrogen and oxygen atoms in total. The normalized spacial score (nSPS) is 9.27. The van der Waals surface area contributed by atoms with E-state index in [1.165, 1.54) is 22.6 Å². The van der Waals surface area contributed by atoms with Gasteiger partial charge in [0.2, 0.25) is 0 Å². The Morgan fingerprint density at radius 2 is 1.93 bits per heavy atom. The predicted octanol–water partition coefficient (Wildman–Crippen LogP) is 1.98. The molecule has 1 aromatic rings. The van der Waals surface area contributed by atoms with E-state index in [1.807, 2.05) is 18.2 Å². The van der Waals surface area contributed by atoms with Gasteiger partial charge in [0.05, 0.1) is 0 Å². The van der Waals surface area contributed by atoms with E-state index >= 15 is 0 Å². The van der Waals surface area contributed by atoms with E-state index in [1.54, 1.807) is 6.07 Å². The molecule has 1 rings (SSSR count). The van der Waals surface area contributed by atoms with Crippen molar-refractivity contribution in [2.45, 2.75) is 25.1 Å². The van der Waals surface area contributed by atoms with Crippen molar-refractivity contribution in [3.05, 3.63) is 29.3 Å². The van der Waals surface area contributed by atoms with Crippen LogP contribution < -0.4 is 4.46 Å². The molecule has 0 spiro atoms. The molecule has 0 fully saturated rings. The monoisotopic (exact) mass is 264 g/mol. The Hall–Kier alpha value is -1.28. The summed E-state index contributed by atoms with van der Waals surface area (Å²) in [7, 11) is 0. The molecular formula is C12H12N2Se. The van der Waals surface area contributed by atoms with E-state index in [2.05, 4.69) is 13.0 Å². The molecule has 0 aliphatic rings. The van der Waals surface area contributed by atoms with E-state index in [4.69, 9.17) is 10.5 Å². The van der Waals surface area contributed by atoms with Crippen molar-refractivity contribution in [3.8, 4) is 12.1 Å². The molecule has 0 aliphatic carbocycles. The van der Waals surface area contributed by atoms with E-state index < -0.39 is 0 Å². The fourth-order valence-electron chi connectivity index (χ4n) is 1.14. The fraction of sp³-hybridized carbons (Fsp3) is 0.333. The molecule has 0 saturated heterocycles. The van der Waals surface area contributed by atoms with Crippen LogP contribution in [0, 0.1) is 22.7 Å². The number of nitriles is 2. The van der Waals surface area contributed by atoms with Crippen molar-refractivity contribution in [2.24, 2.45) is 0 Å². The van der Waals surface area contributed by atoms with Crippen LogP contribution in [0.5, 0.6) is 0 Å². The van der Waals surface area contributed by atoms with Crippen molar-refractivity contribution in [3.63, 3.8) is 0 Å². The zero-order valence-corrected chi connectivity index (χ0v) is 10.4. The van der Waals surface area contributed by atoms with Crippen LogP contribution in [0.4, 0.5) is 0 Å². The van der Waals surface area contributed by atoms with Gasteiger partial charge in [-0.15, -0.1) is 0 Å². The Balaban J connectivity index is 2.77. The molecule has 0 N–H and O–H groups in total. The molecule has 0 amide bonds. The maximum atomic E-state index is 8.85. The summed E-state index contributed by atoms with van der Waals surface area (Å²) in [6, 6.07) is 9.66. The fourth-order valence-corrected chi connectivity index (χ4v) is 3.31. The third-order valence-electron chi connectivity index (χ3n) is 2.00. The van der Waals surface area contributed by atoms with Gasteiger partial charge in [-0.1, -0.05) is 0 Å². The minimum absolute atomic E-state index is 0.440. The van der Waals surface area contributed by atoms with Gasteiger partial charge in [-0.05, 0) is 0 Å². The molecule has 3 heteroatoms. The predicted molar refractivity (Wildman–Crippen MR) is 61.0 cm³/mol. The van der Waals surface area contributed by atoms with Crippen molar-refractivity contribution in [1.29, 1.82) is 10.5 Å². The zero-order chi connectivity index (χ0) is 11.1. The summed E-state index contributed by atoms with van der Waals surface area (Å²) >= 11 is 0.440. The van der Waals surface area contributed by atoms with Crippen LogP contribution in [0.1, 0.15) is 30.9 Å². The Kier molecular flexibility index (Phi) is 4.91. The zero-order valence-electron chi connectivity index (χ0n) is 8.66. The number of unbranched alkanes of at least 4 members (excludes halogenated alkanes) is 1. The summed E-state index contributed by atoms with van der Waals surface area (Å²) in [6.07, 6.45) is 2.45. The first kappa shape index (κ1) is 11.8. The van der Waals surface area contributed by atoms with Crippen LogP contribution in [-0.4, -0.2) is 15.0 Å². The summed E-state index contributed by atoms with van der Waals surface area (Å²) in [4.78, 5) is 0. The standard InChI is InChI=1S/C12H12N2Se/c1-2-3-6-15-12-5-4-10(8-13)11(7-12)9-14/h4-5,7H,2-3,6H2,1H3. The van der Waals surface area contributed by atoms with Gasteiger partial charge in [0, 0.05) is 0 Å². The molecule has 0 atom stereocenters. The second kappa shape index (κ2) is 6.25. The summed E-state index contributed by atoms with van der Waals surface area (Å²) in [6.45, 7) is 2.18. The molecular weight excluding hydrogens is 251 g/mol. The SMILES string of the molecule is CCCC[Se]c1ccc(C#N)c(C#N)c1. The quantitative estimate of drug-likeness (QED) is 0.616. The van der Waals surface area contributed by atoms with E-state index in [-0.39, 0.29) is 0 Å². The van der Waals surface area contributed by atoms with Gasteiger partial charge in [-0.2, -0.15) is 0 Å². The second-order valence-corrected chi connectivity index (χ2v) is 5.58. The Bertz CT molecular complexity index is 413. The van der Waals surface area contributed by atoms with Gasteiger partial charge in [-0.3, -0.25) is 0 Å². The molecule has 0 saturated carbocycles. The summed E-state index contributed by atoms with van der Waals surface area (Å²) in [5.74, 6) is 0. The first-order valence-corrected chi connectivity index (χ1v) is 6.95. The van der Waals surface area contributed by atoms with Crippen molar-refractivity contribution in [2.75, 3.05) is 0 Å². The third-order valence-corrected chi connectivity index (χ3v) is 4.26. The van der Waals surface area contributed by atoms with Crippen LogP contribution in [0.15, 0.2) is 18.2 Å². The van der Waals surface area contributed by atoms with Crippen molar-refractivity contribution >= 4 is 19.4 Å². The second-order valence-electron chi connectivity index (χ2n) is 3.13. The first-order chi connectivity index (χ1) is 7.31. The summed E-state index contributed by atoms with van der Waals surface area (Å²) in [5.41, 5.74) is 0.987. The minimum atomic E-state index is 0.440. The number of nitrogens with zero attached hydrogens (tertiary/aromatic N) is 2. The van der Waals surface area contributed by atoms with Crippen LogP contribution in [0.3, 0.4) is 0 Å². The van der Waals surface area contributed by atoms with Gasteiger partial charge >= 0.3 is 96.5 Å². The van der Waals surface area contributed by atoms with Gasteiger partial charge in [0.15, 0.2) is 0 Å². The number of hydrogen-bond donors (Lipinski definition) is 0. The molecule has 0 unspecified atom stereocenters. The van der Waals surface area contributed by atoms with E-state index in [9.17, 15) is 0 Å². The number of benzene rings is 1. The van der Waals surface area contributed by atoms with Crippen LogP contribution in [0.25, 0.3) is 0 Å². The van der Waals surface area contributed by atoms with E-state index in [0.29, 0.717) is 26.1 Å². The van der Waals surface area contributed by atoms with E-state index in [0.717, 1.165) is 0 Å². The molecule has 76 valence electrons. The Morgan fingerprint density at radius 3 is 2.53 bits per heavy atom. The molecule has 0 heterocycles. The Morgan fingerprint density at radius 1 is 1.20 bits per heavy atom. The number of rotatable bonds is 4. The summed E-state index contributed by atoms with van der Waals surface area (Å²) < 4.78 is 1.21. The average Bonchev–Trinajstić information content (AvgIpc) is 2.29. The topological polar surface area (TPSA) is 47.6 Å². The van der Waals surface area contributed by atoms with Gasteiger partial charge in [0.1, 0.15) is 0 Å². The van der Waals surface area contributed by atoms with Crippen LogP contribution >= 0.6 is 0 Å². The molecule has 0 aliphatic heterocycles. The third kappa shape index (κ3) is 3.40. The van der Waals surface area contributed by atoms with Crippen LogP contribution in [0.2, 0.25) is 5.32 Å². The molecule has 15 heavy (non-hydrogen) atoms. The average molecular weight is 263 g/mol. The molecule has 0 bridgehead atoms. The maximum absolute atomic E-state index is 8.85. The van der Waals surface area contributed by atoms with Crippen molar-refractivity contribution in [1.82, 2.24) is 0 Å². The van der Waals surface area contributed by atoms with Crippen molar-refractivity contribution < 1.29 is 0 Å².